The topological polar surface area (TPSA) is 82.9 Å². The summed E-state index contributed by atoms with van der Waals surface area (Å²) in [7, 11) is 1.60. The van der Waals surface area contributed by atoms with E-state index in [1.807, 2.05) is 79.0 Å². The number of aromatic hydroxyl groups is 1. The SMILES string of the molecule is COc1ccc([C@@H](O)CS[C@H]2C(=O)N(c3ccc(-c4cccnc4)cc3)[C@@H]2c2ccc(O)cc2)cc1. The van der Waals surface area contributed by atoms with Crippen molar-refractivity contribution in [1.29, 1.82) is 0 Å². The van der Waals surface area contributed by atoms with Gasteiger partial charge in [0, 0.05) is 23.8 Å². The van der Waals surface area contributed by atoms with Gasteiger partial charge < -0.3 is 19.8 Å². The van der Waals surface area contributed by atoms with E-state index in [9.17, 15) is 15.0 Å². The molecule has 36 heavy (non-hydrogen) atoms. The van der Waals surface area contributed by atoms with Gasteiger partial charge in [0.15, 0.2) is 0 Å². The quantitative estimate of drug-likeness (QED) is 0.317. The fourth-order valence-corrected chi connectivity index (χ4v) is 5.67. The van der Waals surface area contributed by atoms with Crippen molar-refractivity contribution in [2.75, 3.05) is 17.8 Å². The minimum atomic E-state index is -0.706. The average Bonchev–Trinajstić information content (AvgIpc) is 2.93. The molecule has 0 saturated carbocycles. The Labute approximate surface area is 214 Å². The number of pyridine rings is 1. The standard InChI is InChI=1S/C29H26N2O4S/c1-35-25-14-8-20(9-15-25)26(33)18-36-28-27(21-6-12-24(32)13-7-21)31(29(28)34)23-10-4-19(5-11-23)22-3-2-16-30-17-22/h2-17,26-28,32-33H,18H2,1H3/t26-,27+,28+/m0/s1. The molecule has 1 aliphatic rings. The molecule has 7 heteroatoms. The Morgan fingerprint density at radius 2 is 1.69 bits per heavy atom. The molecule has 3 atom stereocenters. The van der Waals surface area contributed by atoms with Crippen LogP contribution >= 0.6 is 11.8 Å². The second-order valence-electron chi connectivity index (χ2n) is 8.58. The number of hydrogen-bond donors (Lipinski definition) is 2. The number of methoxy groups -OCH3 is 1. The fraction of sp³-hybridized carbons (Fsp3) is 0.172. The van der Waals surface area contributed by atoms with Crippen molar-refractivity contribution in [3.63, 3.8) is 0 Å². The number of benzene rings is 3. The number of nitrogens with zero attached hydrogens (tertiary/aromatic N) is 2. The first-order valence-electron chi connectivity index (χ1n) is 11.6. The Bertz CT molecular complexity index is 1310. The van der Waals surface area contributed by atoms with E-state index in [0.717, 1.165) is 33.7 Å². The van der Waals surface area contributed by atoms with E-state index in [2.05, 4.69) is 4.98 Å². The van der Waals surface area contributed by atoms with Crippen LogP contribution in [0.4, 0.5) is 5.69 Å². The van der Waals surface area contributed by atoms with Crippen molar-refractivity contribution in [3.05, 3.63) is 108 Å². The maximum atomic E-state index is 13.3. The predicted molar refractivity (Wildman–Crippen MR) is 142 cm³/mol. The Morgan fingerprint density at radius 3 is 2.33 bits per heavy atom. The van der Waals surface area contributed by atoms with Crippen LogP contribution in [0.2, 0.25) is 0 Å². The van der Waals surface area contributed by atoms with Crippen molar-refractivity contribution < 1.29 is 19.7 Å². The number of phenolic OH excluding ortho intramolecular Hbond substituents is 1. The van der Waals surface area contributed by atoms with Crippen LogP contribution in [-0.4, -0.2) is 39.2 Å². The van der Waals surface area contributed by atoms with Crippen molar-refractivity contribution >= 4 is 23.4 Å². The van der Waals surface area contributed by atoms with Crippen molar-refractivity contribution in [1.82, 2.24) is 4.98 Å². The van der Waals surface area contributed by atoms with Gasteiger partial charge in [-0.25, -0.2) is 0 Å². The molecule has 5 rings (SSSR count). The van der Waals surface area contributed by atoms with Crippen LogP contribution in [0.5, 0.6) is 11.5 Å². The highest BCUT2D eigenvalue weighted by Crippen LogP contribution is 2.46. The molecule has 0 radical (unpaired) electrons. The fourth-order valence-electron chi connectivity index (χ4n) is 4.37. The van der Waals surface area contributed by atoms with E-state index < -0.39 is 6.10 Å². The lowest BCUT2D eigenvalue weighted by Gasteiger charge is -2.47. The molecule has 1 fully saturated rings. The molecular weight excluding hydrogens is 472 g/mol. The highest BCUT2D eigenvalue weighted by atomic mass is 32.2. The maximum Gasteiger partial charge on any atom is 0.243 e. The monoisotopic (exact) mass is 498 g/mol. The lowest BCUT2D eigenvalue weighted by molar-refractivity contribution is -0.123. The second-order valence-corrected chi connectivity index (χ2v) is 9.75. The number of aliphatic hydroxyl groups is 1. The molecule has 0 spiro atoms. The van der Waals surface area contributed by atoms with Crippen LogP contribution < -0.4 is 9.64 Å². The van der Waals surface area contributed by atoms with Gasteiger partial charge in [0.05, 0.1) is 19.3 Å². The third-order valence-corrected chi connectivity index (χ3v) is 7.68. The normalized spacial score (nSPS) is 17.9. The number of rotatable bonds is 8. The lowest BCUT2D eigenvalue weighted by atomic mass is 9.92. The Kier molecular flexibility index (Phi) is 6.93. The lowest BCUT2D eigenvalue weighted by Crippen LogP contribution is -2.57. The summed E-state index contributed by atoms with van der Waals surface area (Å²) in [6.45, 7) is 0. The summed E-state index contributed by atoms with van der Waals surface area (Å²) in [5.74, 6) is 1.28. The van der Waals surface area contributed by atoms with Crippen LogP contribution in [-0.2, 0) is 4.79 Å². The summed E-state index contributed by atoms with van der Waals surface area (Å²) >= 11 is 1.45. The van der Waals surface area contributed by atoms with Crippen molar-refractivity contribution in [2.24, 2.45) is 0 Å². The minimum Gasteiger partial charge on any atom is -0.508 e. The molecule has 0 aliphatic carbocycles. The van der Waals surface area contributed by atoms with E-state index >= 15 is 0 Å². The predicted octanol–water partition coefficient (Wildman–Crippen LogP) is 5.39. The van der Waals surface area contributed by atoms with E-state index in [0.29, 0.717) is 5.75 Å². The molecule has 182 valence electrons. The number of anilines is 1. The van der Waals surface area contributed by atoms with Gasteiger partial charge in [-0.05, 0) is 64.7 Å². The number of ether oxygens (including phenoxy) is 1. The van der Waals surface area contributed by atoms with Gasteiger partial charge in [-0.3, -0.25) is 9.78 Å². The van der Waals surface area contributed by atoms with Gasteiger partial charge in [-0.1, -0.05) is 42.5 Å². The Morgan fingerprint density at radius 1 is 0.972 bits per heavy atom. The number of thioether (sulfide) groups is 1. The third kappa shape index (κ3) is 4.80. The number of phenols is 1. The highest BCUT2D eigenvalue weighted by Gasteiger charge is 2.49. The molecule has 6 nitrogen and oxygen atoms in total. The average molecular weight is 499 g/mol. The summed E-state index contributed by atoms with van der Waals surface area (Å²) in [4.78, 5) is 19.3. The first-order valence-corrected chi connectivity index (χ1v) is 12.7. The van der Waals surface area contributed by atoms with E-state index in [1.165, 1.54) is 11.8 Å². The molecule has 3 aromatic carbocycles. The molecule has 0 unspecified atom stereocenters. The van der Waals surface area contributed by atoms with Gasteiger partial charge in [-0.15, -0.1) is 11.8 Å². The maximum absolute atomic E-state index is 13.3. The zero-order valence-electron chi connectivity index (χ0n) is 19.7. The first-order chi connectivity index (χ1) is 17.5. The number of aliphatic hydroxyl groups excluding tert-OH is 1. The second kappa shape index (κ2) is 10.4. The summed E-state index contributed by atoms with van der Waals surface area (Å²) in [5, 5.41) is 20.2. The van der Waals surface area contributed by atoms with Crippen LogP contribution in [0.25, 0.3) is 11.1 Å². The first kappa shape index (κ1) is 23.9. The number of β-lactam (4-membered cyclic amide) rings is 1. The van der Waals surface area contributed by atoms with Gasteiger partial charge >= 0.3 is 0 Å². The summed E-state index contributed by atoms with van der Waals surface area (Å²) in [6, 6.07) is 25.8. The van der Waals surface area contributed by atoms with Gasteiger partial charge in [-0.2, -0.15) is 0 Å². The smallest absolute Gasteiger partial charge is 0.243 e. The Hall–Kier alpha value is -3.81. The van der Waals surface area contributed by atoms with Crippen LogP contribution in [0, 0.1) is 0 Å². The number of aromatic nitrogens is 1. The molecule has 1 amide bonds. The van der Waals surface area contributed by atoms with E-state index in [-0.39, 0.29) is 22.9 Å². The molecule has 1 aromatic heterocycles. The zero-order valence-corrected chi connectivity index (χ0v) is 20.5. The summed E-state index contributed by atoms with van der Waals surface area (Å²) in [6.07, 6.45) is 2.84. The molecule has 0 bridgehead atoms. The summed E-state index contributed by atoms with van der Waals surface area (Å²) in [5.41, 5.74) is 4.54. The van der Waals surface area contributed by atoms with Crippen LogP contribution in [0.15, 0.2) is 97.3 Å². The summed E-state index contributed by atoms with van der Waals surface area (Å²) < 4.78 is 5.19. The van der Waals surface area contributed by atoms with E-state index in [1.54, 1.807) is 30.3 Å². The largest absolute Gasteiger partial charge is 0.508 e. The minimum absolute atomic E-state index is 0.00543. The molecule has 1 aliphatic heterocycles. The zero-order chi connectivity index (χ0) is 25.1. The number of amides is 1. The molecule has 1 saturated heterocycles. The number of hydrogen-bond acceptors (Lipinski definition) is 6. The molecule has 4 aromatic rings. The molecule has 2 heterocycles. The van der Waals surface area contributed by atoms with Crippen LogP contribution in [0.1, 0.15) is 23.3 Å². The van der Waals surface area contributed by atoms with Crippen molar-refractivity contribution in [2.45, 2.75) is 17.4 Å². The van der Waals surface area contributed by atoms with E-state index in [4.69, 9.17) is 4.74 Å². The van der Waals surface area contributed by atoms with Crippen LogP contribution in [0.3, 0.4) is 0 Å². The third-order valence-electron chi connectivity index (χ3n) is 6.35. The Balaban J connectivity index is 1.36. The highest BCUT2D eigenvalue weighted by molar-refractivity contribution is 8.00. The molecule has 2 N–H and O–H groups in total. The van der Waals surface area contributed by atoms with Gasteiger partial charge in [0.1, 0.15) is 16.7 Å². The van der Waals surface area contributed by atoms with Gasteiger partial charge in [0.25, 0.3) is 0 Å². The van der Waals surface area contributed by atoms with Gasteiger partial charge in [0.2, 0.25) is 5.91 Å². The molecular formula is C29H26N2O4S. The number of carbonyl (C=O) groups excluding carboxylic acids is 1. The van der Waals surface area contributed by atoms with Crippen molar-refractivity contribution in [3.8, 4) is 22.6 Å². The number of carbonyl (C=O) groups is 1.